The van der Waals surface area contributed by atoms with E-state index in [1.165, 1.54) is 21.1 Å². The highest BCUT2D eigenvalue weighted by atomic mass is 79.9. The third-order valence-corrected chi connectivity index (χ3v) is 16.7. The lowest BCUT2D eigenvalue weighted by Crippen LogP contribution is -2.61. The van der Waals surface area contributed by atoms with E-state index in [4.69, 9.17) is 33.2 Å². The van der Waals surface area contributed by atoms with E-state index in [1.807, 2.05) is 51.2 Å². The molecule has 2 bridgehead atoms. The summed E-state index contributed by atoms with van der Waals surface area (Å²) in [5.41, 5.74) is -0.407. The minimum atomic E-state index is -2.48. The van der Waals surface area contributed by atoms with E-state index >= 15 is 0 Å². The van der Waals surface area contributed by atoms with Crippen molar-refractivity contribution >= 4 is 57.1 Å². The van der Waals surface area contributed by atoms with Gasteiger partial charge in [-0.3, -0.25) is 28.8 Å². The van der Waals surface area contributed by atoms with Crippen molar-refractivity contribution in [1.82, 2.24) is 4.90 Å². The Morgan fingerprint density at radius 3 is 2.27 bits per heavy atom. The molecule has 0 radical (unpaired) electrons. The number of ketones is 3. The summed E-state index contributed by atoms with van der Waals surface area (Å²) in [5, 5.41) is 33.6. The quantitative estimate of drug-likeness (QED) is 0.0799. The summed E-state index contributed by atoms with van der Waals surface area (Å²) < 4.78 is 40.8. The van der Waals surface area contributed by atoms with Gasteiger partial charge in [-0.15, -0.1) is 0 Å². The van der Waals surface area contributed by atoms with Crippen LogP contribution < -0.4 is 0 Å². The third-order valence-electron chi connectivity index (χ3n) is 16.2. The molecule has 2 saturated heterocycles. The van der Waals surface area contributed by atoms with Crippen LogP contribution in [0.15, 0.2) is 47.6 Å². The maximum absolute atomic E-state index is 14.6. The lowest BCUT2D eigenvalue weighted by Gasteiger charge is -2.42. The molecule has 1 amide bonds. The highest BCUT2D eigenvalue weighted by molar-refractivity contribution is 9.09. The number of ether oxygens (including phenoxy) is 7. The number of aliphatic hydroxyl groups excluding tert-OH is 2. The lowest BCUT2D eigenvalue weighted by molar-refractivity contribution is -0.265. The fraction of sp³-hybridized carbons (Fsp3) is 0.741. The van der Waals surface area contributed by atoms with Gasteiger partial charge < -0.3 is 53.4 Å². The molecule has 0 aromatic heterocycles. The van der Waals surface area contributed by atoms with Gasteiger partial charge in [0, 0.05) is 58.5 Å². The zero-order chi connectivity index (χ0) is 57.4. The minimum absolute atomic E-state index is 0.0116. The predicted molar refractivity (Wildman–Crippen MR) is 289 cm³/mol. The van der Waals surface area contributed by atoms with Crippen LogP contribution in [-0.2, 0) is 66.7 Å². The second-order valence-electron chi connectivity index (χ2n) is 22.5. The highest BCUT2D eigenvalue weighted by Crippen LogP contribution is 2.39. The van der Waals surface area contributed by atoms with E-state index < -0.39 is 126 Å². The van der Waals surface area contributed by atoms with E-state index in [-0.39, 0.29) is 60.9 Å². The van der Waals surface area contributed by atoms with Gasteiger partial charge in [-0.25, -0.2) is 4.79 Å². The largest absolute Gasteiger partial charge is 0.464 e. The maximum Gasteiger partial charge on any atom is 0.329 e. The summed E-state index contributed by atoms with van der Waals surface area (Å²) in [6, 6.07) is -1.22. The molecule has 3 heterocycles. The molecule has 4 rings (SSSR count). The monoisotopic (exact) mass is 1150 g/mol. The van der Waals surface area contributed by atoms with Crippen LogP contribution in [0.4, 0.5) is 0 Å². The molecule has 19 heteroatoms. The number of hydrogen-bond donors (Lipinski definition) is 3. The Morgan fingerprint density at radius 2 is 1.62 bits per heavy atom. The second kappa shape index (κ2) is 30.6. The van der Waals surface area contributed by atoms with E-state index in [9.17, 15) is 48.9 Å². The number of hydrogen-bond acceptors (Lipinski definition) is 17. The Labute approximate surface area is 464 Å². The molecule has 3 fully saturated rings. The summed E-state index contributed by atoms with van der Waals surface area (Å²) >= 11 is 3.02. The van der Waals surface area contributed by atoms with Gasteiger partial charge in [0.2, 0.25) is 5.79 Å². The number of nitrogens with zero attached hydrogens (tertiary/aromatic N) is 1. The fourth-order valence-corrected chi connectivity index (χ4v) is 11.1. The van der Waals surface area contributed by atoms with Crippen LogP contribution in [0.25, 0.3) is 0 Å². The van der Waals surface area contributed by atoms with Gasteiger partial charge in [-0.05, 0) is 114 Å². The standard InChI is InChI=1S/C58H88BrNO17/c1-34-17-13-12-14-18-35(2)46(71-9)29-42-22-20-40(7)58(70,77-42)53(66)54(67)60-24-16-15-19-43(60)55(68)75-47(30-44(62)36(3)26-39(6)51(65)52(73-11)50(64)38(5)25-34)37(4)27-41-21-23-45(48(28-41)72-10)76-56(69)57(8,32-61)33-74-49(63)31-59/h12-14,17-18,26,34,37-43,45-48,51-52,61,65,70H,15-16,19-25,27-33H2,1-11H3/b14-12?,17-13?,35-18?,36-26+/t34?,37-,38+,39?,40+,41-,42-,43?,45+,46-,47-,48+,51+,52?,57?,58+/m0/s1. The van der Waals surface area contributed by atoms with Crippen LogP contribution >= 0.6 is 15.9 Å². The van der Waals surface area contributed by atoms with E-state index in [2.05, 4.69) is 15.9 Å². The van der Waals surface area contributed by atoms with Crippen molar-refractivity contribution in [1.29, 1.82) is 0 Å². The van der Waals surface area contributed by atoms with Gasteiger partial charge in [0.05, 0.1) is 31.0 Å². The second-order valence-corrected chi connectivity index (χ2v) is 23.1. The molecule has 0 spiro atoms. The highest BCUT2D eigenvalue weighted by Gasteiger charge is 2.53. The number of carbonyl (C=O) groups is 7. The molecule has 0 aromatic rings. The number of cyclic esters (lactones) is 1. The number of halogens is 1. The molecule has 434 valence electrons. The smallest absolute Gasteiger partial charge is 0.329 e. The summed E-state index contributed by atoms with van der Waals surface area (Å²) in [6.45, 7) is 12.9. The van der Waals surface area contributed by atoms with E-state index in [0.29, 0.717) is 57.8 Å². The van der Waals surface area contributed by atoms with Crippen LogP contribution in [0.2, 0.25) is 0 Å². The molecule has 1 saturated carbocycles. The Hall–Kier alpha value is -3.95. The number of amides is 1. The molecule has 3 N–H and O–H groups in total. The van der Waals surface area contributed by atoms with E-state index in [0.717, 1.165) is 10.5 Å². The van der Waals surface area contributed by atoms with Gasteiger partial charge in [-0.2, -0.15) is 0 Å². The van der Waals surface area contributed by atoms with Gasteiger partial charge in [0.15, 0.2) is 11.6 Å². The van der Waals surface area contributed by atoms with Crippen LogP contribution in [0, 0.1) is 40.9 Å². The lowest BCUT2D eigenvalue weighted by atomic mass is 9.78. The number of carbonyl (C=O) groups excluding carboxylic acids is 7. The van der Waals surface area contributed by atoms with Crippen molar-refractivity contribution in [3.63, 3.8) is 0 Å². The molecule has 77 heavy (non-hydrogen) atoms. The summed E-state index contributed by atoms with van der Waals surface area (Å²) in [6.07, 6.45) is 9.46. The van der Waals surface area contributed by atoms with Crippen LogP contribution in [0.3, 0.4) is 0 Å². The Balaban J connectivity index is 1.68. The molecule has 16 atom stereocenters. The van der Waals surface area contributed by atoms with Crippen molar-refractivity contribution in [2.24, 2.45) is 40.9 Å². The normalized spacial score (nSPS) is 35.1. The molecule has 18 nitrogen and oxygen atoms in total. The molecule has 1 aliphatic carbocycles. The first-order valence-electron chi connectivity index (χ1n) is 27.4. The number of piperidine rings is 1. The number of esters is 3. The Bertz CT molecular complexity index is 2160. The van der Waals surface area contributed by atoms with Crippen molar-refractivity contribution in [3.8, 4) is 0 Å². The van der Waals surface area contributed by atoms with Crippen LogP contribution in [0.5, 0.6) is 0 Å². The number of aliphatic hydroxyl groups is 3. The topological polar surface area (TPSA) is 248 Å². The Kier molecular flexibility index (Phi) is 26.0. The first-order valence-corrected chi connectivity index (χ1v) is 28.5. The first kappa shape index (κ1) is 65.6. The Morgan fingerprint density at radius 1 is 0.909 bits per heavy atom. The zero-order valence-electron chi connectivity index (χ0n) is 47.2. The van der Waals surface area contributed by atoms with Crippen molar-refractivity contribution < 1.29 is 82.0 Å². The predicted octanol–water partition coefficient (Wildman–Crippen LogP) is 6.67. The number of methoxy groups -OCH3 is 3. The summed E-state index contributed by atoms with van der Waals surface area (Å²) in [7, 11) is 4.42. The van der Waals surface area contributed by atoms with Gasteiger partial charge >= 0.3 is 17.9 Å². The molecule has 5 unspecified atom stereocenters. The van der Waals surface area contributed by atoms with Gasteiger partial charge in [0.25, 0.3) is 11.7 Å². The fourth-order valence-electron chi connectivity index (χ4n) is 11.0. The third kappa shape index (κ3) is 17.8. The minimum Gasteiger partial charge on any atom is -0.464 e. The average Bonchev–Trinajstić information content (AvgIpc) is 3.41. The van der Waals surface area contributed by atoms with Gasteiger partial charge in [-0.1, -0.05) is 87.0 Å². The molecule has 3 aliphatic heterocycles. The average molecular weight is 1150 g/mol. The summed E-state index contributed by atoms with van der Waals surface area (Å²) in [4.78, 5) is 97.9. The van der Waals surface area contributed by atoms with Crippen molar-refractivity contribution in [3.05, 3.63) is 47.6 Å². The van der Waals surface area contributed by atoms with Crippen LogP contribution in [0.1, 0.15) is 132 Å². The number of allylic oxidation sites excluding steroid dienone is 6. The first-order chi connectivity index (χ1) is 36.4. The number of rotatable bonds is 12. The van der Waals surface area contributed by atoms with Gasteiger partial charge in [0.1, 0.15) is 41.7 Å². The van der Waals surface area contributed by atoms with E-state index in [1.54, 1.807) is 40.9 Å². The number of alkyl halides is 1. The molecular formula is C58H88BrNO17. The molecular weight excluding hydrogens is 1060 g/mol. The molecule has 0 aromatic carbocycles. The maximum atomic E-state index is 14.6. The van der Waals surface area contributed by atoms with Crippen molar-refractivity contribution in [2.75, 3.05) is 46.4 Å². The SMILES string of the molecule is COC1C(=O)[C@H](C)CC(C)C=CC=CC=C(C)[C@@H](OC)C[C@@H]2CC[C@@H](C)[C@@](O)(O2)C(=O)C(=O)N2CCCCC2C(=O)O[C@H]([C@@H](C)C[C@@H]2CC[C@@H](OC(=O)C(C)(CO)COC(=O)CBr)[C@H](OC)C2)CC(=O)/C(C)=C/C(C)[C@H]1O. The summed E-state index contributed by atoms with van der Waals surface area (Å²) in [5.74, 6) is -10.1. The van der Waals surface area contributed by atoms with Crippen LogP contribution in [-0.4, -0.2) is 162 Å². The van der Waals surface area contributed by atoms with Crippen molar-refractivity contribution in [2.45, 2.75) is 187 Å². The molecule has 4 aliphatic rings. The number of Topliss-reactive ketones (excluding diaryl/α,β-unsaturated/α-hetero) is 3. The number of fused-ring (bicyclic) bond motifs is 3. The zero-order valence-corrected chi connectivity index (χ0v) is 48.8.